The normalized spacial score (nSPS) is 23.0. The van der Waals surface area contributed by atoms with Crippen LogP contribution in [0.2, 0.25) is 0 Å². The summed E-state index contributed by atoms with van der Waals surface area (Å²) in [6, 6.07) is 0. The van der Waals surface area contributed by atoms with E-state index in [1.54, 1.807) is 0 Å². The highest BCUT2D eigenvalue weighted by atomic mass is 79.9. The first-order chi connectivity index (χ1) is 8.02. The number of ether oxygens (including phenoxy) is 1. The Bertz CT molecular complexity index is 531. The smallest absolute Gasteiger partial charge is 0.356 e. The Balaban J connectivity index is 2.45. The van der Waals surface area contributed by atoms with Gasteiger partial charge in [-0.2, -0.15) is 0 Å². The molecule has 0 aromatic carbocycles. The van der Waals surface area contributed by atoms with Gasteiger partial charge in [-0.3, -0.25) is 4.79 Å². The molecule has 88 valence electrons. The fourth-order valence-electron chi connectivity index (χ4n) is 1.57. The van der Waals surface area contributed by atoms with Gasteiger partial charge in [0.1, 0.15) is 5.83 Å². The molecule has 1 atom stereocenters. The Morgan fingerprint density at radius 3 is 2.88 bits per heavy atom. The number of carbonyl (C=O) groups excluding carboxylic acids is 2. The lowest BCUT2D eigenvalue weighted by Crippen LogP contribution is -2.28. The van der Waals surface area contributed by atoms with Crippen molar-refractivity contribution in [3.63, 3.8) is 0 Å². The minimum absolute atomic E-state index is 0.0789. The number of hydrogen-bond acceptors (Lipinski definition) is 4. The first kappa shape index (κ1) is 11.9. The van der Waals surface area contributed by atoms with Crippen molar-refractivity contribution in [1.29, 1.82) is 0 Å². The average molecular weight is 300 g/mol. The molecule has 0 saturated carbocycles. The van der Waals surface area contributed by atoms with Crippen LogP contribution in [-0.4, -0.2) is 24.6 Å². The molecule has 0 amide bonds. The zero-order valence-electron chi connectivity index (χ0n) is 8.74. The van der Waals surface area contributed by atoms with E-state index in [1.165, 1.54) is 13.2 Å². The second-order valence-electron chi connectivity index (χ2n) is 3.44. The van der Waals surface area contributed by atoms with E-state index in [4.69, 9.17) is 0 Å². The van der Waals surface area contributed by atoms with E-state index in [1.807, 2.05) is 0 Å². The molecule has 1 aliphatic carbocycles. The summed E-state index contributed by atoms with van der Waals surface area (Å²) in [4.78, 5) is 27.0. The van der Waals surface area contributed by atoms with Crippen LogP contribution in [0, 0.1) is 5.92 Å². The quantitative estimate of drug-likeness (QED) is 0.694. The highest BCUT2D eigenvalue weighted by Crippen LogP contribution is 2.30. The molecule has 2 rings (SSSR count). The second kappa shape index (κ2) is 4.37. The molecule has 1 unspecified atom stereocenters. The number of allylic oxidation sites excluding steroid dienone is 5. The van der Waals surface area contributed by atoms with Gasteiger partial charge in [0.25, 0.3) is 0 Å². The molecule has 0 N–H and O–H groups in total. The van der Waals surface area contributed by atoms with Crippen LogP contribution in [0.3, 0.4) is 0 Å². The summed E-state index contributed by atoms with van der Waals surface area (Å²) in [6.07, 6.45) is 3.43. The summed E-state index contributed by atoms with van der Waals surface area (Å²) in [6.45, 7) is 0. The monoisotopic (exact) mass is 299 g/mol. The number of ketones is 1. The molecule has 0 aromatic rings. The van der Waals surface area contributed by atoms with E-state index in [9.17, 15) is 14.0 Å². The molecule has 1 heterocycles. The molecule has 0 aromatic heterocycles. The van der Waals surface area contributed by atoms with E-state index in [-0.39, 0.29) is 5.70 Å². The Labute approximate surface area is 105 Å². The number of hydrogen-bond donors (Lipinski definition) is 0. The lowest BCUT2D eigenvalue weighted by Gasteiger charge is -2.20. The zero-order valence-corrected chi connectivity index (χ0v) is 10.3. The topological polar surface area (TPSA) is 55.7 Å². The van der Waals surface area contributed by atoms with Crippen molar-refractivity contribution in [2.45, 2.75) is 0 Å². The lowest BCUT2D eigenvalue weighted by atomic mass is 9.91. The van der Waals surface area contributed by atoms with Crippen molar-refractivity contribution >= 4 is 33.4 Å². The first-order valence-electron chi connectivity index (χ1n) is 4.70. The van der Waals surface area contributed by atoms with E-state index in [0.717, 1.165) is 12.2 Å². The summed E-state index contributed by atoms with van der Waals surface area (Å²) in [5, 5.41) is 0. The highest BCUT2D eigenvalue weighted by molar-refractivity contribution is 9.12. The number of halogens is 2. The summed E-state index contributed by atoms with van der Waals surface area (Å²) in [7, 11) is 1.20. The molecule has 0 spiro atoms. The predicted octanol–water partition coefficient (Wildman–Crippen LogP) is 1.83. The van der Waals surface area contributed by atoms with Gasteiger partial charge in [0.05, 0.1) is 18.7 Å². The van der Waals surface area contributed by atoms with E-state index in [0.29, 0.717) is 10.2 Å². The molecular weight excluding hydrogens is 293 g/mol. The molecule has 4 nitrogen and oxygen atoms in total. The highest BCUT2D eigenvalue weighted by Gasteiger charge is 2.32. The minimum atomic E-state index is -0.775. The summed E-state index contributed by atoms with van der Waals surface area (Å²) in [5.74, 6) is -2.37. The number of fused-ring (bicyclic) bond motifs is 1. The summed E-state index contributed by atoms with van der Waals surface area (Å²) >= 11 is 3.11. The number of carbonyl (C=O) groups is 2. The van der Waals surface area contributed by atoms with E-state index >= 15 is 0 Å². The van der Waals surface area contributed by atoms with Crippen LogP contribution in [0.4, 0.5) is 4.39 Å². The molecule has 6 heteroatoms. The van der Waals surface area contributed by atoms with Gasteiger partial charge in [0.2, 0.25) is 0 Å². The summed E-state index contributed by atoms with van der Waals surface area (Å²) < 4.78 is 18.0. The molecule has 0 bridgehead atoms. The SMILES string of the molecule is COC(=O)C1=CC(=O)C2C=C(F)C=C(Br)C2=N1. The van der Waals surface area contributed by atoms with Crippen LogP contribution in [0.5, 0.6) is 0 Å². The number of methoxy groups -OCH3 is 1. The fraction of sp³-hybridized carbons (Fsp3) is 0.182. The van der Waals surface area contributed by atoms with Crippen LogP contribution in [0.25, 0.3) is 0 Å². The maximum absolute atomic E-state index is 13.1. The molecular formula is C11H7BrFNO3. The fourth-order valence-corrected chi connectivity index (χ4v) is 2.12. The van der Waals surface area contributed by atoms with Gasteiger partial charge in [-0.1, -0.05) is 0 Å². The van der Waals surface area contributed by atoms with Gasteiger partial charge in [-0.15, -0.1) is 0 Å². The van der Waals surface area contributed by atoms with Gasteiger partial charge in [0, 0.05) is 10.6 Å². The van der Waals surface area contributed by atoms with Crippen molar-refractivity contribution in [1.82, 2.24) is 0 Å². The van der Waals surface area contributed by atoms with Crippen molar-refractivity contribution in [3.8, 4) is 0 Å². The zero-order chi connectivity index (χ0) is 12.6. The van der Waals surface area contributed by atoms with Crippen LogP contribution < -0.4 is 0 Å². The van der Waals surface area contributed by atoms with E-state index in [2.05, 4.69) is 25.7 Å². The molecule has 2 aliphatic rings. The van der Waals surface area contributed by atoms with Crippen molar-refractivity contribution < 1.29 is 18.7 Å². The molecule has 0 radical (unpaired) electrons. The Kier molecular flexibility index (Phi) is 3.06. The van der Waals surface area contributed by atoms with Gasteiger partial charge in [-0.05, 0) is 28.1 Å². The first-order valence-corrected chi connectivity index (χ1v) is 5.49. The third-order valence-electron chi connectivity index (χ3n) is 2.35. The Morgan fingerprint density at radius 2 is 2.24 bits per heavy atom. The second-order valence-corrected chi connectivity index (χ2v) is 4.30. The number of rotatable bonds is 1. The van der Waals surface area contributed by atoms with Gasteiger partial charge < -0.3 is 4.74 Å². The van der Waals surface area contributed by atoms with E-state index < -0.39 is 23.5 Å². The summed E-state index contributed by atoms with van der Waals surface area (Å²) in [5.41, 5.74) is 0.240. The largest absolute Gasteiger partial charge is 0.464 e. The molecule has 0 fully saturated rings. The van der Waals surface area contributed by atoms with Crippen LogP contribution in [-0.2, 0) is 14.3 Å². The van der Waals surface area contributed by atoms with Crippen LogP contribution in [0.1, 0.15) is 0 Å². The number of aliphatic imine (C=N–C) groups is 1. The van der Waals surface area contributed by atoms with Gasteiger partial charge >= 0.3 is 5.97 Å². The lowest BCUT2D eigenvalue weighted by molar-refractivity contribution is -0.136. The minimum Gasteiger partial charge on any atom is -0.464 e. The van der Waals surface area contributed by atoms with Gasteiger partial charge in [0.15, 0.2) is 11.5 Å². The molecule has 0 saturated heterocycles. The third kappa shape index (κ3) is 2.12. The maximum atomic E-state index is 13.1. The van der Waals surface area contributed by atoms with Crippen LogP contribution in [0.15, 0.2) is 39.2 Å². The van der Waals surface area contributed by atoms with Crippen molar-refractivity contribution in [2.24, 2.45) is 10.9 Å². The predicted molar refractivity (Wildman–Crippen MR) is 62.2 cm³/mol. The molecule has 17 heavy (non-hydrogen) atoms. The van der Waals surface area contributed by atoms with Crippen molar-refractivity contribution in [3.05, 3.63) is 34.2 Å². The van der Waals surface area contributed by atoms with Gasteiger partial charge in [-0.25, -0.2) is 14.2 Å². The Morgan fingerprint density at radius 1 is 1.53 bits per heavy atom. The molecule has 1 aliphatic heterocycles. The maximum Gasteiger partial charge on any atom is 0.356 e. The Hall–Kier alpha value is -1.56. The number of esters is 1. The average Bonchev–Trinajstić information content (AvgIpc) is 2.29. The number of nitrogens with zero attached hydrogens (tertiary/aromatic N) is 1. The third-order valence-corrected chi connectivity index (χ3v) is 2.99. The van der Waals surface area contributed by atoms with Crippen molar-refractivity contribution in [2.75, 3.05) is 7.11 Å². The standard InChI is InChI=1S/C11H7BrFNO3/c1-17-11(16)8-4-9(15)6-2-5(13)3-7(12)10(6)14-8/h2-4,6H,1H3. The van der Waals surface area contributed by atoms with Crippen LogP contribution >= 0.6 is 15.9 Å².